The van der Waals surface area contributed by atoms with Crippen molar-refractivity contribution in [3.63, 3.8) is 0 Å². The smallest absolute Gasteiger partial charge is 0.305 e. The minimum Gasteiger partial charge on any atom is -0.481 e. The second-order valence-corrected chi connectivity index (χ2v) is 9.19. The Bertz CT molecular complexity index is 805. The van der Waals surface area contributed by atoms with E-state index in [9.17, 15) is 24.8 Å². The van der Waals surface area contributed by atoms with Crippen molar-refractivity contribution < 1.29 is 19.6 Å². The molecule has 1 atom stereocenters. The van der Waals surface area contributed by atoms with Crippen LogP contribution in [0, 0.1) is 33.3 Å². The van der Waals surface area contributed by atoms with Gasteiger partial charge in [-0.1, -0.05) is 11.6 Å². The Morgan fingerprint density at radius 3 is 2.29 bits per heavy atom. The van der Waals surface area contributed by atoms with E-state index in [4.69, 9.17) is 11.6 Å². The summed E-state index contributed by atoms with van der Waals surface area (Å²) in [7, 11) is 0. The van der Waals surface area contributed by atoms with Gasteiger partial charge in [0.2, 0.25) is 5.91 Å². The third kappa shape index (κ3) is 3.48. The molecule has 0 aliphatic heterocycles. The number of carbonyl (C=O) groups excluding carboxylic acids is 1. The van der Waals surface area contributed by atoms with Crippen LogP contribution in [0.15, 0.2) is 18.2 Å². The summed E-state index contributed by atoms with van der Waals surface area (Å²) in [6.07, 6.45) is 5.78. The largest absolute Gasteiger partial charge is 0.481 e. The Labute approximate surface area is 167 Å². The number of non-ortho nitro benzene ring substituents is 1. The van der Waals surface area contributed by atoms with E-state index in [0.717, 1.165) is 19.3 Å². The van der Waals surface area contributed by atoms with Crippen LogP contribution in [-0.2, 0) is 9.59 Å². The van der Waals surface area contributed by atoms with Crippen molar-refractivity contribution in [3.05, 3.63) is 38.9 Å². The molecule has 5 rings (SSSR count). The number of hydrogen-bond acceptors (Lipinski definition) is 4. The van der Waals surface area contributed by atoms with Crippen molar-refractivity contribution in [1.29, 1.82) is 0 Å². The van der Waals surface area contributed by atoms with Crippen LogP contribution >= 0.6 is 11.6 Å². The number of benzene rings is 1. The number of aliphatic carboxylic acids is 1. The zero-order valence-corrected chi connectivity index (χ0v) is 16.2. The maximum Gasteiger partial charge on any atom is 0.305 e. The topological polar surface area (TPSA) is 110 Å². The number of carboxylic acid groups (broad SMARTS) is 1. The van der Waals surface area contributed by atoms with Crippen molar-refractivity contribution in [2.45, 2.75) is 51.0 Å². The van der Waals surface area contributed by atoms with Crippen molar-refractivity contribution >= 4 is 29.2 Å². The molecule has 0 unspecified atom stereocenters. The number of rotatable bonds is 6. The predicted molar refractivity (Wildman–Crippen MR) is 102 cm³/mol. The molecule has 4 aliphatic rings. The highest BCUT2D eigenvalue weighted by Gasteiger charge is 2.54. The maximum absolute atomic E-state index is 13.3. The third-order valence-corrected chi connectivity index (χ3v) is 7.11. The molecule has 4 fully saturated rings. The van der Waals surface area contributed by atoms with Crippen molar-refractivity contribution in [1.82, 2.24) is 5.32 Å². The Morgan fingerprint density at radius 1 is 1.21 bits per heavy atom. The summed E-state index contributed by atoms with van der Waals surface area (Å²) >= 11 is 6.21. The summed E-state index contributed by atoms with van der Waals surface area (Å²) < 4.78 is 0. The van der Waals surface area contributed by atoms with Crippen LogP contribution in [0.3, 0.4) is 0 Å². The summed E-state index contributed by atoms with van der Waals surface area (Å²) in [6.45, 7) is 0. The summed E-state index contributed by atoms with van der Waals surface area (Å²) in [4.78, 5) is 35.3. The maximum atomic E-state index is 13.3. The highest BCUT2D eigenvalue weighted by molar-refractivity contribution is 6.31. The fraction of sp³-hybridized carbons (Fsp3) is 0.600. The average Bonchev–Trinajstić information content (AvgIpc) is 2.59. The monoisotopic (exact) mass is 406 g/mol. The number of nitrogens with one attached hydrogen (secondary N) is 1. The number of nitro groups is 1. The van der Waals surface area contributed by atoms with Gasteiger partial charge in [-0.25, -0.2) is 0 Å². The summed E-state index contributed by atoms with van der Waals surface area (Å²) in [5.41, 5.74) is -0.339. The van der Waals surface area contributed by atoms with Crippen LogP contribution in [0.5, 0.6) is 0 Å². The number of halogens is 1. The standard InChI is InChI=1S/C20H23ClN2O5/c21-16-2-1-14(23(27)28)6-15(16)17(7-18(24)25)22-19(26)20-8-11-3-12(9-20)5-13(4-11)10-20/h1-2,6,11-13,17H,3-5,7-10H2,(H,22,26)(H,24,25)/t11?,12?,13?,17-,20?/m0/s1. The molecular formula is C20H23ClN2O5. The quantitative estimate of drug-likeness (QED) is 0.546. The zero-order chi connectivity index (χ0) is 20.1. The zero-order valence-electron chi connectivity index (χ0n) is 15.4. The normalized spacial score (nSPS) is 31.4. The van der Waals surface area contributed by atoms with Gasteiger partial charge < -0.3 is 10.4 Å². The van der Waals surface area contributed by atoms with E-state index in [0.29, 0.717) is 17.8 Å². The van der Waals surface area contributed by atoms with E-state index in [1.54, 1.807) is 0 Å². The molecule has 0 heterocycles. The molecular weight excluding hydrogens is 384 g/mol. The van der Waals surface area contributed by atoms with Gasteiger partial charge in [-0.3, -0.25) is 19.7 Å². The van der Waals surface area contributed by atoms with E-state index in [1.807, 2.05) is 0 Å². The predicted octanol–water partition coefficient (Wildman–Crippen LogP) is 4.10. The van der Waals surface area contributed by atoms with Crippen LogP contribution in [0.4, 0.5) is 5.69 Å². The van der Waals surface area contributed by atoms with E-state index < -0.39 is 22.3 Å². The van der Waals surface area contributed by atoms with Gasteiger partial charge in [-0.2, -0.15) is 0 Å². The first-order valence-electron chi connectivity index (χ1n) is 9.72. The van der Waals surface area contributed by atoms with E-state index in [1.165, 1.54) is 37.5 Å². The molecule has 7 nitrogen and oxygen atoms in total. The number of carboxylic acids is 1. The molecule has 0 saturated heterocycles. The number of carbonyl (C=O) groups is 2. The van der Waals surface area contributed by atoms with E-state index >= 15 is 0 Å². The second-order valence-electron chi connectivity index (χ2n) is 8.78. The number of amides is 1. The Morgan fingerprint density at radius 2 is 1.79 bits per heavy atom. The lowest BCUT2D eigenvalue weighted by atomic mass is 9.49. The lowest BCUT2D eigenvalue weighted by molar-refractivity contribution is -0.384. The van der Waals surface area contributed by atoms with Crippen molar-refractivity contribution in [2.75, 3.05) is 0 Å². The van der Waals surface area contributed by atoms with Gasteiger partial charge in [-0.05, 0) is 62.3 Å². The van der Waals surface area contributed by atoms with Crippen LogP contribution in [-0.4, -0.2) is 21.9 Å². The molecule has 1 aromatic rings. The fourth-order valence-corrected chi connectivity index (χ4v) is 6.27. The number of nitrogens with zero attached hydrogens (tertiary/aromatic N) is 1. The average molecular weight is 407 g/mol. The number of hydrogen-bond donors (Lipinski definition) is 2. The summed E-state index contributed by atoms with van der Waals surface area (Å²) in [5.74, 6) is 0.516. The van der Waals surface area contributed by atoms with E-state index in [2.05, 4.69) is 5.32 Å². The van der Waals surface area contributed by atoms with E-state index in [-0.39, 0.29) is 28.6 Å². The molecule has 1 aromatic carbocycles. The lowest BCUT2D eigenvalue weighted by Gasteiger charge is -2.55. The first-order valence-corrected chi connectivity index (χ1v) is 10.1. The Kier molecular flexibility index (Phi) is 4.81. The molecule has 0 radical (unpaired) electrons. The second kappa shape index (κ2) is 7.03. The molecule has 4 saturated carbocycles. The van der Waals surface area contributed by atoms with Gasteiger partial charge in [0.1, 0.15) is 0 Å². The van der Waals surface area contributed by atoms with Gasteiger partial charge in [0.05, 0.1) is 17.4 Å². The van der Waals surface area contributed by atoms with Crippen LogP contribution in [0.25, 0.3) is 0 Å². The molecule has 8 heteroatoms. The lowest BCUT2D eigenvalue weighted by Crippen LogP contribution is -2.54. The van der Waals surface area contributed by atoms with Gasteiger partial charge >= 0.3 is 5.97 Å². The van der Waals surface area contributed by atoms with Crippen molar-refractivity contribution in [3.8, 4) is 0 Å². The number of nitro benzene ring substituents is 1. The molecule has 0 spiro atoms. The molecule has 150 valence electrons. The van der Waals surface area contributed by atoms with Gasteiger partial charge in [0, 0.05) is 28.1 Å². The van der Waals surface area contributed by atoms with Crippen molar-refractivity contribution in [2.24, 2.45) is 23.2 Å². The Hall–Kier alpha value is -2.15. The molecule has 1 amide bonds. The molecule has 28 heavy (non-hydrogen) atoms. The molecule has 4 aliphatic carbocycles. The van der Waals surface area contributed by atoms with Gasteiger partial charge in [0.25, 0.3) is 5.69 Å². The highest BCUT2D eigenvalue weighted by atomic mass is 35.5. The first-order chi connectivity index (χ1) is 13.3. The SMILES string of the molecule is O=C(O)C[C@H](NC(=O)C12CC3CC(CC(C3)C1)C2)c1cc([N+](=O)[O-])ccc1Cl. The Balaban J connectivity index is 1.61. The van der Waals surface area contributed by atoms with Gasteiger partial charge in [-0.15, -0.1) is 0 Å². The highest BCUT2D eigenvalue weighted by Crippen LogP contribution is 2.60. The molecule has 4 bridgehead atoms. The summed E-state index contributed by atoms with van der Waals surface area (Å²) in [6, 6.07) is 3.01. The van der Waals surface area contributed by atoms with Crippen LogP contribution in [0.2, 0.25) is 5.02 Å². The molecule has 2 N–H and O–H groups in total. The summed E-state index contributed by atoms with van der Waals surface area (Å²) in [5, 5.41) is 23.6. The van der Waals surface area contributed by atoms with Crippen LogP contribution in [0.1, 0.15) is 56.6 Å². The van der Waals surface area contributed by atoms with Crippen LogP contribution < -0.4 is 5.32 Å². The fourth-order valence-electron chi connectivity index (χ4n) is 6.03. The minimum atomic E-state index is -1.10. The van der Waals surface area contributed by atoms with Gasteiger partial charge in [0.15, 0.2) is 0 Å². The first kappa shape index (κ1) is 19.2. The minimum absolute atomic E-state index is 0.125. The molecule has 0 aromatic heterocycles. The third-order valence-electron chi connectivity index (χ3n) is 6.77.